The lowest BCUT2D eigenvalue weighted by molar-refractivity contribution is 0.0852. The number of ether oxygens (including phenoxy) is 1. The van der Waals surface area contributed by atoms with Gasteiger partial charge in [0, 0.05) is 24.6 Å². The maximum atomic E-state index is 12.5. The van der Waals surface area contributed by atoms with Crippen molar-refractivity contribution in [1.29, 1.82) is 0 Å². The van der Waals surface area contributed by atoms with Gasteiger partial charge in [0.05, 0.1) is 13.2 Å². The minimum atomic E-state index is 0.226. The molecule has 2 aliphatic heterocycles. The fourth-order valence-electron chi connectivity index (χ4n) is 3.25. The molecule has 1 atom stereocenters. The van der Waals surface area contributed by atoms with Gasteiger partial charge in [0.2, 0.25) is 0 Å². The molecule has 2 heterocycles. The van der Waals surface area contributed by atoms with Gasteiger partial charge in [-0.3, -0.25) is 9.69 Å². The molecule has 0 saturated carbocycles. The Labute approximate surface area is 126 Å². The number of likely N-dealkylation sites (tertiary alicyclic amines) is 1. The average Bonchev–Trinajstić information content (AvgIpc) is 2.94. The fraction of sp³-hybridized carbons (Fsp3) is 0.588. The van der Waals surface area contributed by atoms with Crippen LogP contribution in [-0.2, 0) is 6.42 Å². The van der Waals surface area contributed by atoms with Crippen LogP contribution in [0, 0.1) is 0 Å². The van der Waals surface area contributed by atoms with Crippen molar-refractivity contribution in [2.24, 2.45) is 0 Å². The van der Waals surface area contributed by atoms with Gasteiger partial charge in [-0.15, -0.1) is 0 Å². The minimum Gasteiger partial charge on any atom is -0.493 e. The molecule has 0 spiro atoms. The number of carbonyl (C=O) groups is 1. The van der Waals surface area contributed by atoms with E-state index in [1.165, 1.54) is 18.4 Å². The van der Waals surface area contributed by atoms with Crippen molar-refractivity contribution in [3.8, 4) is 5.75 Å². The summed E-state index contributed by atoms with van der Waals surface area (Å²) in [6.45, 7) is 3.30. The summed E-state index contributed by atoms with van der Waals surface area (Å²) in [5.74, 6) is 1.17. The van der Waals surface area contributed by atoms with Crippen molar-refractivity contribution in [3.05, 3.63) is 29.3 Å². The molecule has 0 aromatic heterocycles. The SMILES string of the molecule is CN(C)C1CCCN(CC(=O)c2ccc3c(c2)CCO3)C1. The molecule has 0 aliphatic carbocycles. The van der Waals surface area contributed by atoms with Gasteiger partial charge < -0.3 is 9.64 Å². The van der Waals surface area contributed by atoms with Gasteiger partial charge >= 0.3 is 0 Å². The Bertz CT molecular complexity index is 528. The number of hydrogen-bond acceptors (Lipinski definition) is 4. The molecular weight excluding hydrogens is 264 g/mol. The van der Waals surface area contributed by atoms with Crippen LogP contribution >= 0.6 is 0 Å². The topological polar surface area (TPSA) is 32.8 Å². The van der Waals surface area contributed by atoms with Gasteiger partial charge in [0.1, 0.15) is 5.75 Å². The molecule has 0 amide bonds. The van der Waals surface area contributed by atoms with E-state index < -0.39 is 0 Å². The second-order valence-corrected chi connectivity index (χ2v) is 6.34. The molecular formula is C17H24N2O2. The van der Waals surface area contributed by atoms with Crippen molar-refractivity contribution in [2.45, 2.75) is 25.3 Å². The van der Waals surface area contributed by atoms with Gasteiger partial charge in [-0.05, 0) is 57.2 Å². The highest BCUT2D eigenvalue weighted by atomic mass is 16.5. The summed E-state index contributed by atoms with van der Waals surface area (Å²) in [4.78, 5) is 17.1. The van der Waals surface area contributed by atoms with E-state index in [-0.39, 0.29) is 5.78 Å². The highest BCUT2D eigenvalue weighted by Gasteiger charge is 2.23. The maximum Gasteiger partial charge on any atom is 0.176 e. The van der Waals surface area contributed by atoms with Crippen molar-refractivity contribution >= 4 is 5.78 Å². The van der Waals surface area contributed by atoms with Gasteiger partial charge in [-0.25, -0.2) is 0 Å². The van der Waals surface area contributed by atoms with Crippen molar-refractivity contribution in [3.63, 3.8) is 0 Å². The Balaban J connectivity index is 1.63. The molecule has 1 saturated heterocycles. The molecule has 1 aromatic carbocycles. The van der Waals surface area contributed by atoms with Crippen LogP contribution in [0.4, 0.5) is 0 Å². The summed E-state index contributed by atoms with van der Waals surface area (Å²) in [5.41, 5.74) is 2.00. The number of ketones is 1. The van der Waals surface area contributed by atoms with Gasteiger partial charge in [0.25, 0.3) is 0 Å². The first-order chi connectivity index (χ1) is 10.1. The van der Waals surface area contributed by atoms with E-state index in [4.69, 9.17) is 4.74 Å². The summed E-state index contributed by atoms with van der Waals surface area (Å²) in [5, 5.41) is 0. The molecule has 3 rings (SSSR count). The number of benzene rings is 1. The molecule has 0 N–H and O–H groups in total. The summed E-state index contributed by atoms with van der Waals surface area (Å²) in [7, 11) is 4.24. The summed E-state index contributed by atoms with van der Waals surface area (Å²) < 4.78 is 5.50. The molecule has 0 bridgehead atoms. The van der Waals surface area contributed by atoms with Crippen LogP contribution in [0.1, 0.15) is 28.8 Å². The third-order valence-corrected chi connectivity index (χ3v) is 4.59. The normalized spacial score (nSPS) is 22.1. The first-order valence-corrected chi connectivity index (χ1v) is 7.81. The second kappa shape index (κ2) is 6.16. The summed E-state index contributed by atoms with van der Waals surface area (Å²) in [6, 6.07) is 6.42. The van der Waals surface area contributed by atoms with Gasteiger partial charge in [-0.2, -0.15) is 0 Å². The zero-order chi connectivity index (χ0) is 14.8. The molecule has 114 valence electrons. The van der Waals surface area contributed by atoms with E-state index in [9.17, 15) is 4.79 Å². The zero-order valence-electron chi connectivity index (χ0n) is 13.0. The van der Waals surface area contributed by atoms with Crippen molar-refractivity contribution < 1.29 is 9.53 Å². The lowest BCUT2D eigenvalue weighted by Gasteiger charge is -2.35. The van der Waals surface area contributed by atoms with Crippen LogP contribution in [-0.4, -0.2) is 62.0 Å². The van der Waals surface area contributed by atoms with Gasteiger partial charge in [-0.1, -0.05) is 0 Å². The molecule has 4 nitrogen and oxygen atoms in total. The Kier molecular flexibility index (Phi) is 4.27. The maximum absolute atomic E-state index is 12.5. The van der Waals surface area contributed by atoms with Crippen LogP contribution in [0.25, 0.3) is 0 Å². The van der Waals surface area contributed by atoms with E-state index >= 15 is 0 Å². The highest BCUT2D eigenvalue weighted by Crippen LogP contribution is 2.26. The Morgan fingerprint density at radius 2 is 2.29 bits per heavy atom. The lowest BCUT2D eigenvalue weighted by atomic mass is 10.0. The predicted octanol–water partition coefficient (Wildman–Crippen LogP) is 1.83. The number of carbonyl (C=O) groups excluding carboxylic acids is 1. The fourth-order valence-corrected chi connectivity index (χ4v) is 3.25. The number of nitrogens with zero attached hydrogens (tertiary/aromatic N) is 2. The van der Waals surface area contributed by atoms with Crippen molar-refractivity contribution in [2.75, 3.05) is 40.3 Å². The molecule has 1 fully saturated rings. The Morgan fingerprint density at radius 1 is 1.43 bits per heavy atom. The zero-order valence-corrected chi connectivity index (χ0v) is 13.0. The molecule has 1 aromatic rings. The molecule has 21 heavy (non-hydrogen) atoms. The van der Waals surface area contributed by atoms with E-state index in [1.807, 2.05) is 18.2 Å². The quantitative estimate of drug-likeness (QED) is 0.791. The van der Waals surface area contributed by atoms with Crippen LogP contribution in [0.5, 0.6) is 5.75 Å². The number of Topliss-reactive ketones (excluding diaryl/α,β-unsaturated/α-hetero) is 1. The first kappa shape index (κ1) is 14.5. The number of fused-ring (bicyclic) bond motifs is 1. The largest absolute Gasteiger partial charge is 0.493 e. The number of hydrogen-bond donors (Lipinski definition) is 0. The van der Waals surface area contributed by atoms with Crippen LogP contribution in [0.2, 0.25) is 0 Å². The summed E-state index contributed by atoms with van der Waals surface area (Å²) >= 11 is 0. The minimum absolute atomic E-state index is 0.226. The number of piperidine rings is 1. The van der Waals surface area contributed by atoms with E-state index in [2.05, 4.69) is 23.9 Å². The third kappa shape index (κ3) is 3.27. The van der Waals surface area contributed by atoms with Crippen LogP contribution in [0.15, 0.2) is 18.2 Å². The molecule has 0 radical (unpaired) electrons. The lowest BCUT2D eigenvalue weighted by Crippen LogP contribution is -2.46. The number of rotatable bonds is 4. The standard InChI is InChI=1S/C17H24N2O2/c1-18(2)15-4-3-8-19(11-15)12-16(20)13-5-6-17-14(10-13)7-9-21-17/h5-6,10,15H,3-4,7-9,11-12H2,1-2H3. The third-order valence-electron chi connectivity index (χ3n) is 4.59. The molecule has 1 unspecified atom stereocenters. The van der Waals surface area contributed by atoms with Crippen LogP contribution < -0.4 is 4.74 Å². The van der Waals surface area contributed by atoms with Gasteiger partial charge in [0.15, 0.2) is 5.78 Å². The Hall–Kier alpha value is -1.39. The van der Waals surface area contributed by atoms with Crippen molar-refractivity contribution in [1.82, 2.24) is 9.80 Å². The second-order valence-electron chi connectivity index (χ2n) is 6.34. The molecule has 2 aliphatic rings. The highest BCUT2D eigenvalue weighted by molar-refractivity contribution is 5.98. The average molecular weight is 288 g/mol. The smallest absolute Gasteiger partial charge is 0.176 e. The predicted molar refractivity (Wildman–Crippen MR) is 83.1 cm³/mol. The Morgan fingerprint density at radius 3 is 3.10 bits per heavy atom. The van der Waals surface area contributed by atoms with E-state index in [1.54, 1.807) is 0 Å². The van der Waals surface area contributed by atoms with E-state index in [0.717, 1.165) is 37.4 Å². The molecule has 4 heteroatoms. The number of likely N-dealkylation sites (N-methyl/N-ethyl adjacent to an activating group) is 1. The first-order valence-electron chi connectivity index (χ1n) is 7.81. The monoisotopic (exact) mass is 288 g/mol. The van der Waals surface area contributed by atoms with E-state index in [0.29, 0.717) is 12.6 Å². The summed E-state index contributed by atoms with van der Waals surface area (Å²) in [6.07, 6.45) is 3.32. The van der Waals surface area contributed by atoms with Crippen LogP contribution in [0.3, 0.4) is 0 Å².